The topological polar surface area (TPSA) is 0 Å². The van der Waals surface area contributed by atoms with Gasteiger partial charge in [0, 0.05) is 0 Å². The Morgan fingerprint density at radius 2 is 0.957 bits per heavy atom. The molecule has 0 saturated carbocycles. The standard InChI is InChI=1S/C23H18/c1-2-23(20-16-10-5-11-17-20)21(18-12-6-3-7-13-18)22(23)19-14-8-4-9-15-19/h2-17H,1H2/i1+1,2+1. The fourth-order valence-corrected chi connectivity index (χ4v) is 3.56. The van der Waals surface area contributed by atoms with Gasteiger partial charge in [-0.25, -0.2) is 0 Å². The van der Waals surface area contributed by atoms with Crippen LogP contribution < -0.4 is 0 Å². The predicted octanol–water partition coefficient (Wildman–Crippen LogP) is 5.74. The van der Waals surface area contributed by atoms with Gasteiger partial charge >= 0.3 is 0 Å². The van der Waals surface area contributed by atoms with E-state index in [0.717, 1.165) is 0 Å². The molecule has 0 spiro atoms. The normalized spacial score (nSPS) is 15.3. The number of hydrogen-bond donors (Lipinski definition) is 0. The highest BCUT2D eigenvalue weighted by atomic mass is 14.6. The van der Waals surface area contributed by atoms with Gasteiger partial charge in [0.1, 0.15) is 0 Å². The van der Waals surface area contributed by atoms with Gasteiger partial charge in [0.05, 0.1) is 5.41 Å². The SMILES string of the molecule is [13CH2]=[13CH]C1(c2ccccc2)C(c2ccccc2)=C1c1ccccc1. The fourth-order valence-electron chi connectivity index (χ4n) is 3.56. The lowest BCUT2D eigenvalue weighted by molar-refractivity contribution is 1.01. The van der Waals surface area contributed by atoms with Crippen LogP contribution in [0.5, 0.6) is 0 Å². The van der Waals surface area contributed by atoms with Crippen molar-refractivity contribution < 1.29 is 0 Å². The van der Waals surface area contributed by atoms with Gasteiger partial charge in [0.25, 0.3) is 0 Å². The molecule has 0 atom stereocenters. The number of rotatable bonds is 4. The van der Waals surface area contributed by atoms with E-state index in [4.69, 9.17) is 0 Å². The minimum atomic E-state index is -0.177. The molecule has 3 aromatic carbocycles. The van der Waals surface area contributed by atoms with E-state index in [0.29, 0.717) is 0 Å². The van der Waals surface area contributed by atoms with E-state index in [-0.39, 0.29) is 5.41 Å². The maximum atomic E-state index is 4.18. The first-order valence-corrected chi connectivity index (χ1v) is 7.93. The van der Waals surface area contributed by atoms with Gasteiger partial charge in [-0.3, -0.25) is 0 Å². The van der Waals surface area contributed by atoms with Gasteiger partial charge in [-0.1, -0.05) is 97.1 Å². The Labute approximate surface area is 137 Å². The van der Waals surface area contributed by atoms with Crippen LogP contribution in [0.15, 0.2) is 104 Å². The summed E-state index contributed by atoms with van der Waals surface area (Å²) in [7, 11) is 0. The summed E-state index contributed by atoms with van der Waals surface area (Å²) in [5.74, 6) is 0. The summed E-state index contributed by atoms with van der Waals surface area (Å²) in [6.07, 6.45) is 2.09. The zero-order chi connectivity index (χ0) is 15.7. The molecule has 0 radical (unpaired) electrons. The molecule has 110 valence electrons. The summed E-state index contributed by atoms with van der Waals surface area (Å²) >= 11 is 0. The molecule has 0 heterocycles. The van der Waals surface area contributed by atoms with Crippen LogP contribution in [0.25, 0.3) is 11.1 Å². The summed E-state index contributed by atoms with van der Waals surface area (Å²) in [6.45, 7) is 4.18. The van der Waals surface area contributed by atoms with Crippen molar-refractivity contribution in [2.45, 2.75) is 5.41 Å². The Kier molecular flexibility index (Phi) is 3.24. The molecule has 0 aliphatic heterocycles. The smallest absolute Gasteiger partial charge is 0.0648 e. The maximum Gasteiger partial charge on any atom is 0.0648 e. The largest absolute Gasteiger partial charge is 0.102 e. The minimum Gasteiger partial charge on any atom is -0.102 e. The second kappa shape index (κ2) is 5.40. The van der Waals surface area contributed by atoms with Crippen LogP contribution in [0, 0.1) is 0 Å². The average molecular weight is 296 g/mol. The molecule has 23 heavy (non-hydrogen) atoms. The molecule has 0 heteroatoms. The second-order valence-corrected chi connectivity index (χ2v) is 5.86. The Bertz CT molecular complexity index is 806. The average Bonchev–Trinajstić information content (AvgIpc) is 3.34. The molecule has 0 saturated heterocycles. The van der Waals surface area contributed by atoms with Gasteiger partial charge in [0.15, 0.2) is 0 Å². The van der Waals surface area contributed by atoms with E-state index >= 15 is 0 Å². The zero-order valence-corrected chi connectivity index (χ0v) is 12.9. The molecule has 0 N–H and O–H groups in total. The molecule has 0 fully saturated rings. The van der Waals surface area contributed by atoms with E-state index in [9.17, 15) is 0 Å². The first kappa shape index (κ1) is 13.8. The Hall–Kier alpha value is -2.86. The van der Waals surface area contributed by atoms with Crippen molar-refractivity contribution in [1.82, 2.24) is 0 Å². The lowest BCUT2D eigenvalue weighted by atomic mass is 9.91. The third kappa shape index (κ3) is 2.07. The highest BCUT2D eigenvalue weighted by molar-refractivity contribution is 6.20. The van der Waals surface area contributed by atoms with Gasteiger partial charge in [-0.2, -0.15) is 0 Å². The highest BCUT2D eigenvalue weighted by Gasteiger charge is 2.52. The van der Waals surface area contributed by atoms with Crippen LogP contribution in [0.2, 0.25) is 0 Å². The lowest BCUT2D eigenvalue weighted by Gasteiger charge is -2.17. The van der Waals surface area contributed by atoms with Crippen LogP contribution in [0.4, 0.5) is 0 Å². The first-order chi connectivity index (χ1) is 11.4. The Balaban J connectivity index is 1.93. The van der Waals surface area contributed by atoms with Crippen LogP contribution in [0.1, 0.15) is 16.7 Å². The monoisotopic (exact) mass is 296 g/mol. The predicted molar refractivity (Wildman–Crippen MR) is 98.0 cm³/mol. The quantitative estimate of drug-likeness (QED) is 0.426. The molecule has 1 aliphatic carbocycles. The van der Waals surface area contributed by atoms with Crippen molar-refractivity contribution in [1.29, 1.82) is 0 Å². The zero-order valence-electron chi connectivity index (χ0n) is 12.9. The van der Waals surface area contributed by atoms with Crippen LogP contribution in [0.3, 0.4) is 0 Å². The van der Waals surface area contributed by atoms with E-state index in [1.165, 1.54) is 27.8 Å². The van der Waals surface area contributed by atoms with Gasteiger partial charge in [-0.15, -0.1) is 6.58 Å². The van der Waals surface area contributed by atoms with Crippen molar-refractivity contribution in [3.63, 3.8) is 0 Å². The minimum absolute atomic E-state index is 0.177. The Morgan fingerprint density at radius 3 is 1.35 bits per heavy atom. The molecule has 0 unspecified atom stereocenters. The summed E-state index contributed by atoms with van der Waals surface area (Å²) in [4.78, 5) is 0. The molecule has 4 rings (SSSR count). The number of benzene rings is 3. The molecule has 1 aliphatic rings. The van der Waals surface area contributed by atoms with E-state index in [1.807, 2.05) is 0 Å². The van der Waals surface area contributed by atoms with E-state index < -0.39 is 0 Å². The molecule has 0 amide bonds. The van der Waals surface area contributed by atoms with Crippen LogP contribution in [-0.2, 0) is 5.41 Å². The molecular weight excluding hydrogens is 278 g/mol. The molecule has 0 nitrogen and oxygen atoms in total. The number of hydrogen-bond acceptors (Lipinski definition) is 0. The summed E-state index contributed by atoms with van der Waals surface area (Å²) in [5, 5.41) is 0. The van der Waals surface area contributed by atoms with Crippen molar-refractivity contribution in [3.05, 3.63) is 120 Å². The third-order valence-corrected chi connectivity index (χ3v) is 4.64. The fraction of sp³-hybridized carbons (Fsp3) is 0.0435. The first-order valence-electron chi connectivity index (χ1n) is 7.93. The third-order valence-electron chi connectivity index (χ3n) is 4.64. The number of allylic oxidation sites excluding steroid dienone is 3. The van der Waals surface area contributed by atoms with Crippen molar-refractivity contribution in [2.75, 3.05) is 0 Å². The highest BCUT2D eigenvalue weighted by Crippen LogP contribution is 2.65. The van der Waals surface area contributed by atoms with Crippen LogP contribution in [-0.4, -0.2) is 0 Å². The molecule has 0 bridgehead atoms. The summed E-state index contributed by atoms with van der Waals surface area (Å²) in [6, 6.07) is 31.9. The maximum absolute atomic E-state index is 4.18. The van der Waals surface area contributed by atoms with Crippen molar-refractivity contribution in [2.24, 2.45) is 0 Å². The van der Waals surface area contributed by atoms with E-state index in [2.05, 4.69) is 104 Å². The van der Waals surface area contributed by atoms with Gasteiger partial charge < -0.3 is 0 Å². The second-order valence-electron chi connectivity index (χ2n) is 5.86. The summed E-state index contributed by atoms with van der Waals surface area (Å²) < 4.78 is 0. The van der Waals surface area contributed by atoms with Crippen LogP contribution >= 0.6 is 0 Å². The summed E-state index contributed by atoms with van der Waals surface area (Å²) in [5.41, 5.74) is 6.39. The lowest BCUT2D eigenvalue weighted by Crippen LogP contribution is -2.09. The van der Waals surface area contributed by atoms with Crippen molar-refractivity contribution >= 4 is 11.1 Å². The Morgan fingerprint density at radius 1 is 0.565 bits per heavy atom. The van der Waals surface area contributed by atoms with E-state index in [1.54, 1.807) is 0 Å². The molecular formula is C23H18. The van der Waals surface area contributed by atoms with Crippen molar-refractivity contribution in [3.8, 4) is 0 Å². The molecule has 3 aromatic rings. The molecule has 0 aromatic heterocycles. The van der Waals surface area contributed by atoms with Gasteiger partial charge in [-0.05, 0) is 27.8 Å². The van der Waals surface area contributed by atoms with Gasteiger partial charge in [0.2, 0.25) is 0 Å².